The Hall–Kier alpha value is -2.69. The molecule has 0 saturated heterocycles. The molecule has 0 saturated carbocycles. The second-order valence-corrected chi connectivity index (χ2v) is 4.84. The van der Waals surface area contributed by atoms with Crippen LogP contribution < -0.4 is 14.4 Å². The minimum Gasteiger partial charge on any atom is -0.506 e. The molecule has 21 heavy (non-hydrogen) atoms. The molecular formula is C16H15NO4. The van der Waals surface area contributed by atoms with Crippen molar-refractivity contribution >= 4 is 17.3 Å². The second kappa shape index (κ2) is 5.01. The van der Waals surface area contributed by atoms with E-state index in [0.29, 0.717) is 22.9 Å². The highest BCUT2D eigenvalue weighted by Gasteiger charge is 2.29. The zero-order valence-electron chi connectivity index (χ0n) is 11.8. The fourth-order valence-corrected chi connectivity index (χ4v) is 2.34. The van der Waals surface area contributed by atoms with Gasteiger partial charge in [0, 0.05) is 6.07 Å². The Kier molecular flexibility index (Phi) is 3.17. The molecule has 0 aromatic heterocycles. The van der Waals surface area contributed by atoms with Crippen molar-refractivity contribution in [2.75, 3.05) is 18.6 Å². The summed E-state index contributed by atoms with van der Waals surface area (Å²) in [6, 6.07) is 10.4. The third-order valence-corrected chi connectivity index (χ3v) is 3.38. The summed E-state index contributed by atoms with van der Waals surface area (Å²) in [4.78, 5) is 13.7. The van der Waals surface area contributed by atoms with Crippen LogP contribution in [0.25, 0.3) is 0 Å². The van der Waals surface area contributed by atoms with Crippen molar-refractivity contribution in [3.63, 3.8) is 0 Å². The molecular weight excluding hydrogens is 270 g/mol. The van der Waals surface area contributed by atoms with Gasteiger partial charge in [0.15, 0.2) is 6.61 Å². The smallest absolute Gasteiger partial charge is 0.269 e. The Morgan fingerprint density at radius 3 is 2.76 bits per heavy atom. The Labute approximate surface area is 122 Å². The minimum absolute atomic E-state index is 0.0534. The first-order valence-electron chi connectivity index (χ1n) is 6.53. The highest BCUT2D eigenvalue weighted by atomic mass is 16.5. The van der Waals surface area contributed by atoms with Crippen molar-refractivity contribution in [3.05, 3.63) is 42.0 Å². The number of ether oxygens (including phenoxy) is 2. The maximum absolute atomic E-state index is 12.2. The average Bonchev–Trinajstić information content (AvgIpc) is 2.49. The normalized spacial score (nSPS) is 13.6. The number of amides is 1. The zero-order valence-corrected chi connectivity index (χ0v) is 11.8. The van der Waals surface area contributed by atoms with E-state index in [4.69, 9.17) is 9.47 Å². The number of hydrogen-bond acceptors (Lipinski definition) is 4. The molecule has 2 aromatic rings. The van der Waals surface area contributed by atoms with Gasteiger partial charge in [0.05, 0.1) is 18.5 Å². The molecule has 0 fully saturated rings. The molecule has 1 heterocycles. The third-order valence-electron chi connectivity index (χ3n) is 3.38. The molecule has 5 heteroatoms. The quantitative estimate of drug-likeness (QED) is 0.921. The lowest BCUT2D eigenvalue weighted by atomic mass is 10.1. The molecule has 1 aliphatic heterocycles. The van der Waals surface area contributed by atoms with Crippen LogP contribution in [0.2, 0.25) is 0 Å². The Morgan fingerprint density at radius 1 is 1.19 bits per heavy atom. The molecule has 0 aliphatic carbocycles. The van der Waals surface area contributed by atoms with Gasteiger partial charge >= 0.3 is 0 Å². The van der Waals surface area contributed by atoms with Gasteiger partial charge in [-0.25, -0.2) is 0 Å². The molecule has 1 N–H and O–H groups in total. The predicted molar refractivity (Wildman–Crippen MR) is 78.5 cm³/mol. The molecule has 0 bridgehead atoms. The summed E-state index contributed by atoms with van der Waals surface area (Å²) in [5.74, 6) is 1.03. The number of carbonyl (C=O) groups is 1. The van der Waals surface area contributed by atoms with Gasteiger partial charge in [-0.1, -0.05) is 6.07 Å². The van der Waals surface area contributed by atoms with Crippen LogP contribution >= 0.6 is 0 Å². The summed E-state index contributed by atoms with van der Waals surface area (Å²) in [6.45, 7) is 1.83. The SMILES string of the molecule is COc1ccc2c(c1)OCC(=O)N2c1cc(C)ccc1O. The van der Waals surface area contributed by atoms with Gasteiger partial charge in [-0.15, -0.1) is 0 Å². The van der Waals surface area contributed by atoms with Crippen molar-refractivity contribution < 1.29 is 19.4 Å². The number of nitrogens with zero attached hydrogens (tertiary/aromatic N) is 1. The molecule has 2 aromatic carbocycles. The fraction of sp³-hybridized carbons (Fsp3) is 0.188. The minimum atomic E-state index is -0.228. The number of phenolic OH excluding ortho intramolecular Hbond substituents is 1. The van der Waals surface area contributed by atoms with Gasteiger partial charge in [-0.05, 0) is 36.8 Å². The van der Waals surface area contributed by atoms with Crippen molar-refractivity contribution in [2.24, 2.45) is 0 Å². The topological polar surface area (TPSA) is 59.0 Å². The summed E-state index contributed by atoms with van der Waals surface area (Å²) in [5.41, 5.74) is 2.00. The van der Waals surface area contributed by atoms with Crippen LogP contribution in [0.5, 0.6) is 17.2 Å². The first-order valence-corrected chi connectivity index (χ1v) is 6.53. The molecule has 0 atom stereocenters. The largest absolute Gasteiger partial charge is 0.506 e. The van der Waals surface area contributed by atoms with Crippen LogP contribution in [0.3, 0.4) is 0 Å². The van der Waals surface area contributed by atoms with Crippen molar-refractivity contribution in [2.45, 2.75) is 6.92 Å². The monoisotopic (exact) mass is 285 g/mol. The molecule has 0 radical (unpaired) electrons. The summed E-state index contributed by atoms with van der Waals surface area (Å²) in [5, 5.41) is 10.1. The number of aryl methyl sites for hydroxylation is 1. The van der Waals surface area contributed by atoms with Crippen molar-refractivity contribution in [1.82, 2.24) is 0 Å². The lowest BCUT2D eigenvalue weighted by Crippen LogP contribution is -2.35. The molecule has 3 rings (SSSR count). The summed E-state index contributed by atoms with van der Waals surface area (Å²) in [7, 11) is 1.57. The molecule has 108 valence electrons. The van der Waals surface area contributed by atoms with E-state index in [1.54, 1.807) is 43.5 Å². The van der Waals surface area contributed by atoms with Gasteiger partial charge < -0.3 is 14.6 Å². The predicted octanol–water partition coefficient (Wildman–Crippen LogP) is 2.77. The lowest BCUT2D eigenvalue weighted by molar-refractivity contribution is -0.120. The maximum Gasteiger partial charge on any atom is 0.269 e. The Morgan fingerprint density at radius 2 is 2.00 bits per heavy atom. The van der Waals surface area contributed by atoms with Gasteiger partial charge in [-0.3, -0.25) is 9.69 Å². The van der Waals surface area contributed by atoms with Crippen molar-refractivity contribution in [3.8, 4) is 17.2 Å². The number of methoxy groups -OCH3 is 1. The first kappa shape index (κ1) is 13.3. The Balaban J connectivity index is 2.15. The maximum atomic E-state index is 12.2. The highest BCUT2D eigenvalue weighted by Crippen LogP contribution is 2.42. The molecule has 0 spiro atoms. The Bertz CT molecular complexity index is 711. The summed E-state index contributed by atoms with van der Waals surface area (Å²) in [6.07, 6.45) is 0. The number of rotatable bonds is 2. The number of aromatic hydroxyl groups is 1. The molecule has 0 unspecified atom stereocenters. The number of anilines is 2. The number of carbonyl (C=O) groups excluding carboxylic acids is 1. The van der Waals surface area contributed by atoms with E-state index in [0.717, 1.165) is 5.56 Å². The zero-order chi connectivity index (χ0) is 15.0. The van der Waals surface area contributed by atoms with E-state index in [1.165, 1.54) is 4.90 Å². The third kappa shape index (κ3) is 2.27. The van der Waals surface area contributed by atoms with Crippen LogP contribution in [0.4, 0.5) is 11.4 Å². The van der Waals surface area contributed by atoms with E-state index in [2.05, 4.69) is 0 Å². The fourth-order valence-electron chi connectivity index (χ4n) is 2.34. The van der Waals surface area contributed by atoms with Gasteiger partial charge in [0.1, 0.15) is 17.2 Å². The van der Waals surface area contributed by atoms with Crippen LogP contribution in [0.15, 0.2) is 36.4 Å². The van der Waals surface area contributed by atoms with Gasteiger partial charge in [-0.2, -0.15) is 0 Å². The first-order chi connectivity index (χ1) is 10.1. The van der Waals surface area contributed by atoms with E-state index in [-0.39, 0.29) is 18.3 Å². The van der Waals surface area contributed by atoms with Crippen LogP contribution in [-0.2, 0) is 4.79 Å². The standard InChI is InChI=1S/C16H15NO4/c1-10-3-6-14(18)13(7-10)17-12-5-4-11(20-2)8-15(12)21-9-16(17)19/h3-8,18H,9H2,1-2H3. The average molecular weight is 285 g/mol. The highest BCUT2D eigenvalue weighted by molar-refractivity contribution is 6.05. The summed E-state index contributed by atoms with van der Waals surface area (Å²) >= 11 is 0. The van der Waals surface area contributed by atoms with Crippen LogP contribution in [0.1, 0.15) is 5.56 Å². The van der Waals surface area contributed by atoms with E-state index < -0.39 is 0 Å². The van der Waals surface area contributed by atoms with E-state index >= 15 is 0 Å². The molecule has 1 amide bonds. The van der Waals surface area contributed by atoms with Gasteiger partial charge in [0.25, 0.3) is 5.91 Å². The van der Waals surface area contributed by atoms with Crippen molar-refractivity contribution in [1.29, 1.82) is 0 Å². The van der Waals surface area contributed by atoms with E-state index in [1.807, 2.05) is 6.92 Å². The second-order valence-electron chi connectivity index (χ2n) is 4.84. The number of benzene rings is 2. The van der Waals surface area contributed by atoms with E-state index in [9.17, 15) is 9.90 Å². The molecule has 5 nitrogen and oxygen atoms in total. The summed E-state index contributed by atoms with van der Waals surface area (Å²) < 4.78 is 10.6. The molecule has 1 aliphatic rings. The van der Waals surface area contributed by atoms with Crippen LogP contribution in [0, 0.1) is 6.92 Å². The number of hydrogen-bond donors (Lipinski definition) is 1. The lowest BCUT2D eigenvalue weighted by Gasteiger charge is -2.30. The number of fused-ring (bicyclic) bond motifs is 1. The number of phenols is 1. The van der Waals surface area contributed by atoms with Crippen LogP contribution in [-0.4, -0.2) is 24.7 Å². The van der Waals surface area contributed by atoms with Gasteiger partial charge in [0.2, 0.25) is 0 Å².